The highest BCUT2D eigenvalue weighted by atomic mass is 19.4. The summed E-state index contributed by atoms with van der Waals surface area (Å²) in [5.74, 6) is -0.333. The van der Waals surface area contributed by atoms with Gasteiger partial charge in [-0.05, 0) is 36.2 Å². The van der Waals surface area contributed by atoms with Crippen molar-refractivity contribution in [3.8, 4) is 11.3 Å². The van der Waals surface area contributed by atoms with Crippen LogP contribution < -0.4 is 10.6 Å². The van der Waals surface area contributed by atoms with Crippen LogP contribution in [0, 0.1) is 6.92 Å². The third-order valence-electron chi connectivity index (χ3n) is 5.56. The first-order chi connectivity index (χ1) is 16.2. The summed E-state index contributed by atoms with van der Waals surface area (Å²) in [6, 6.07) is 6.46. The van der Waals surface area contributed by atoms with Crippen molar-refractivity contribution in [2.75, 3.05) is 18.5 Å². The van der Waals surface area contributed by atoms with Crippen LogP contribution in [0.1, 0.15) is 34.3 Å². The molecule has 2 atom stereocenters. The minimum Gasteiger partial charge on any atom is -0.392 e. The number of nitrogens with one attached hydrogen (secondary N) is 2. The molecule has 0 bridgehead atoms. The average molecular weight is 476 g/mol. The van der Waals surface area contributed by atoms with Crippen LogP contribution in [0.15, 0.2) is 42.7 Å². The van der Waals surface area contributed by atoms with Crippen LogP contribution in [-0.4, -0.2) is 51.9 Å². The van der Waals surface area contributed by atoms with Gasteiger partial charge in [0.2, 0.25) is 0 Å². The lowest BCUT2D eigenvalue weighted by Gasteiger charge is -2.13. The van der Waals surface area contributed by atoms with Crippen LogP contribution in [0.25, 0.3) is 23.0 Å². The number of amides is 1. The smallest absolute Gasteiger partial charge is 0.390 e. The van der Waals surface area contributed by atoms with Crippen LogP contribution in [0.3, 0.4) is 0 Å². The number of aliphatic hydroxyl groups excluding tert-OH is 1. The van der Waals surface area contributed by atoms with Crippen molar-refractivity contribution >= 4 is 23.3 Å². The van der Waals surface area contributed by atoms with Gasteiger partial charge in [0.25, 0.3) is 5.91 Å². The van der Waals surface area contributed by atoms with Gasteiger partial charge < -0.3 is 15.7 Å². The number of anilines is 1. The molecule has 1 aliphatic carbocycles. The number of hydrogen-bond donors (Lipinski definition) is 3. The van der Waals surface area contributed by atoms with Gasteiger partial charge >= 0.3 is 6.18 Å². The van der Waals surface area contributed by atoms with Crippen LogP contribution in [0.2, 0.25) is 0 Å². The summed E-state index contributed by atoms with van der Waals surface area (Å²) in [5.41, 5.74) is 4.09. The van der Waals surface area contributed by atoms with E-state index in [-0.39, 0.29) is 19.1 Å². The molecule has 4 rings (SSSR count). The van der Waals surface area contributed by atoms with E-state index in [2.05, 4.69) is 15.6 Å². The van der Waals surface area contributed by atoms with Gasteiger partial charge in [-0.25, -0.2) is 9.37 Å². The highest BCUT2D eigenvalue weighted by Gasteiger charge is 2.38. The standard InChI is InChI=1S/C24H24F4N4O2/c1-14-9-16(4-5-17(14)23(34)31-19-11-18(19)25)21-12-30-22-20(29-7-6-24(26,27)28)10-15(3-2-8-33)13-32(21)22/h2-5,9-10,12-13,18-19,29,33H,6-8,11H2,1H3,(H,31,34)/b3-2-/t18-,19?/m1/s1. The first-order valence-electron chi connectivity index (χ1n) is 10.8. The molecule has 1 unspecified atom stereocenters. The molecular weight excluding hydrogens is 452 g/mol. The number of aryl methyl sites for hydroxylation is 1. The molecule has 0 spiro atoms. The van der Waals surface area contributed by atoms with Gasteiger partial charge in [-0.2, -0.15) is 13.2 Å². The second kappa shape index (κ2) is 9.46. The Morgan fingerprint density at radius 2 is 2.09 bits per heavy atom. The molecular formula is C24H24F4N4O2. The second-order valence-corrected chi connectivity index (χ2v) is 8.26. The lowest BCUT2D eigenvalue weighted by atomic mass is 10.0. The summed E-state index contributed by atoms with van der Waals surface area (Å²) in [4.78, 5) is 16.8. The number of halogens is 4. The Kier molecular flexibility index (Phi) is 6.60. The zero-order chi connectivity index (χ0) is 24.5. The molecule has 0 aliphatic heterocycles. The third kappa shape index (κ3) is 5.39. The van der Waals surface area contributed by atoms with Gasteiger partial charge in [-0.1, -0.05) is 18.2 Å². The van der Waals surface area contributed by atoms with E-state index < -0.39 is 24.8 Å². The van der Waals surface area contributed by atoms with Crippen molar-refractivity contribution in [1.29, 1.82) is 0 Å². The summed E-state index contributed by atoms with van der Waals surface area (Å²) < 4.78 is 52.7. The fourth-order valence-corrected chi connectivity index (χ4v) is 3.71. The van der Waals surface area contributed by atoms with Crippen LogP contribution in [0.5, 0.6) is 0 Å². The van der Waals surface area contributed by atoms with E-state index in [0.717, 1.165) is 5.56 Å². The maximum absolute atomic E-state index is 13.1. The SMILES string of the molecule is Cc1cc(-c2cnc3c(NCCC(F)(F)F)cc(/C=C\CO)cn23)ccc1C(=O)NC1C[C@H]1F. The molecule has 2 aromatic heterocycles. The van der Waals surface area contributed by atoms with Crippen LogP contribution in [-0.2, 0) is 0 Å². The average Bonchev–Trinajstić information content (AvgIpc) is 3.28. The molecule has 0 saturated heterocycles. The molecule has 0 radical (unpaired) electrons. The zero-order valence-electron chi connectivity index (χ0n) is 18.4. The summed E-state index contributed by atoms with van der Waals surface area (Å²) >= 11 is 0. The molecule has 180 valence electrons. The molecule has 1 aliphatic rings. The summed E-state index contributed by atoms with van der Waals surface area (Å²) in [7, 11) is 0. The van der Waals surface area contributed by atoms with Gasteiger partial charge in [0, 0.05) is 30.3 Å². The monoisotopic (exact) mass is 476 g/mol. The topological polar surface area (TPSA) is 78.7 Å². The molecule has 1 amide bonds. The Bertz CT molecular complexity index is 1240. The second-order valence-electron chi connectivity index (χ2n) is 8.26. The van der Waals surface area contributed by atoms with Gasteiger partial charge in [0.15, 0.2) is 5.65 Å². The fraction of sp³-hybridized carbons (Fsp3) is 0.333. The number of carbonyl (C=O) groups is 1. The van der Waals surface area contributed by atoms with E-state index in [0.29, 0.717) is 40.1 Å². The van der Waals surface area contributed by atoms with E-state index >= 15 is 0 Å². The number of benzene rings is 1. The molecule has 1 fully saturated rings. The number of imidazole rings is 1. The van der Waals surface area contributed by atoms with Crippen molar-refractivity contribution in [1.82, 2.24) is 14.7 Å². The maximum atomic E-state index is 13.1. The van der Waals surface area contributed by atoms with Gasteiger partial charge in [0.05, 0.1) is 36.6 Å². The van der Waals surface area contributed by atoms with Crippen molar-refractivity contribution < 1.29 is 27.5 Å². The number of carbonyl (C=O) groups excluding carboxylic acids is 1. The normalized spacial score (nSPS) is 17.9. The zero-order valence-corrected chi connectivity index (χ0v) is 18.4. The lowest BCUT2D eigenvalue weighted by Crippen LogP contribution is -2.27. The van der Waals surface area contributed by atoms with Gasteiger partial charge in [0.1, 0.15) is 6.17 Å². The number of rotatable bonds is 8. The van der Waals surface area contributed by atoms with E-state index in [4.69, 9.17) is 5.11 Å². The van der Waals surface area contributed by atoms with E-state index in [1.54, 1.807) is 48.0 Å². The lowest BCUT2D eigenvalue weighted by molar-refractivity contribution is -0.131. The van der Waals surface area contributed by atoms with E-state index in [1.165, 1.54) is 6.08 Å². The number of hydrogen-bond acceptors (Lipinski definition) is 4. The minimum atomic E-state index is -4.28. The molecule has 1 saturated carbocycles. The number of aromatic nitrogens is 2. The molecule has 3 aromatic rings. The number of fused-ring (bicyclic) bond motifs is 1. The Labute approximate surface area is 193 Å². The first-order valence-corrected chi connectivity index (χ1v) is 10.8. The number of alkyl halides is 4. The van der Waals surface area contributed by atoms with Crippen molar-refractivity contribution in [2.24, 2.45) is 0 Å². The van der Waals surface area contributed by atoms with Gasteiger partial charge in [-0.3, -0.25) is 9.20 Å². The largest absolute Gasteiger partial charge is 0.392 e. The maximum Gasteiger partial charge on any atom is 0.390 e. The quantitative estimate of drug-likeness (QED) is 0.418. The highest BCUT2D eigenvalue weighted by molar-refractivity contribution is 5.96. The fourth-order valence-electron chi connectivity index (χ4n) is 3.71. The van der Waals surface area contributed by atoms with Gasteiger partial charge in [-0.15, -0.1) is 0 Å². The minimum absolute atomic E-state index is 0.182. The van der Waals surface area contributed by atoms with E-state index in [9.17, 15) is 22.4 Å². The van der Waals surface area contributed by atoms with Crippen molar-refractivity contribution in [3.05, 3.63) is 59.4 Å². The Balaban J connectivity index is 1.67. The molecule has 34 heavy (non-hydrogen) atoms. The molecule has 6 nitrogen and oxygen atoms in total. The Morgan fingerprint density at radius 3 is 2.74 bits per heavy atom. The predicted octanol–water partition coefficient (Wildman–Crippen LogP) is 4.52. The molecule has 3 N–H and O–H groups in total. The third-order valence-corrected chi connectivity index (χ3v) is 5.56. The molecule has 10 heteroatoms. The molecule has 1 aromatic carbocycles. The number of aliphatic hydroxyl groups is 1. The van der Waals surface area contributed by atoms with Crippen molar-refractivity contribution in [2.45, 2.75) is 38.2 Å². The molecule has 2 heterocycles. The van der Waals surface area contributed by atoms with E-state index in [1.807, 2.05) is 6.07 Å². The number of pyridine rings is 1. The first kappa shape index (κ1) is 23.7. The van der Waals surface area contributed by atoms with Crippen LogP contribution >= 0.6 is 0 Å². The predicted molar refractivity (Wildman–Crippen MR) is 121 cm³/mol. The highest BCUT2D eigenvalue weighted by Crippen LogP contribution is 2.29. The Hall–Kier alpha value is -3.40. The summed E-state index contributed by atoms with van der Waals surface area (Å²) in [6.07, 6.45) is 0.625. The van der Waals surface area contributed by atoms with Crippen molar-refractivity contribution in [3.63, 3.8) is 0 Å². The Morgan fingerprint density at radius 1 is 1.32 bits per heavy atom. The summed E-state index contributed by atoms with van der Waals surface area (Å²) in [6.45, 7) is 1.29. The van der Waals surface area contributed by atoms with Crippen LogP contribution in [0.4, 0.5) is 23.2 Å². The number of nitrogens with zero attached hydrogens (tertiary/aromatic N) is 2. The summed E-state index contributed by atoms with van der Waals surface area (Å²) in [5, 5.41) is 14.6.